The summed E-state index contributed by atoms with van der Waals surface area (Å²) in [5.41, 5.74) is 20.3. The molecule has 25 atom stereocenters. The first-order chi connectivity index (χ1) is 46.8. The number of carbonyl (C=O) groups excluding carboxylic acids is 5. The van der Waals surface area contributed by atoms with E-state index in [2.05, 4.69) is 36.6 Å². The Hall–Kier alpha value is -7.41. The van der Waals surface area contributed by atoms with Gasteiger partial charge in [0, 0.05) is 12.3 Å². The number of aldehydes is 1. The number of ether oxygens (including phenoxy) is 7. The van der Waals surface area contributed by atoms with Gasteiger partial charge in [-0.1, -0.05) is 68.4 Å². The van der Waals surface area contributed by atoms with E-state index in [1.807, 2.05) is 6.92 Å². The van der Waals surface area contributed by atoms with Crippen molar-refractivity contribution in [3.63, 3.8) is 0 Å². The van der Waals surface area contributed by atoms with Crippen molar-refractivity contribution in [3.8, 4) is 11.5 Å². The third-order valence-corrected chi connectivity index (χ3v) is 17.5. The number of hydrogen-bond acceptors (Lipinski definition) is 32. The molecule has 24 N–H and O–H groups in total. The number of rotatable bonds is 32. The molecule has 5 aliphatic rings. The van der Waals surface area contributed by atoms with Gasteiger partial charge in [0.25, 0.3) is 0 Å². The van der Waals surface area contributed by atoms with E-state index in [9.17, 15) is 90.4 Å². The lowest BCUT2D eigenvalue weighted by Crippen LogP contribution is -2.70. The highest BCUT2D eigenvalue weighted by Crippen LogP contribution is 2.33. The number of hydrogen-bond donors (Lipinski definition) is 21. The molecule has 4 amide bonds. The van der Waals surface area contributed by atoms with Crippen LogP contribution in [0.1, 0.15) is 42.9 Å². The van der Waals surface area contributed by atoms with E-state index in [1.165, 1.54) is 24.3 Å². The van der Waals surface area contributed by atoms with Crippen molar-refractivity contribution in [2.75, 3.05) is 46.1 Å². The molecule has 0 radical (unpaired) electrons. The summed E-state index contributed by atoms with van der Waals surface area (Å²) in [5.74, 6) is -5.50. The third kappa shape index (κ3) is 18.3. The molecule has 3 aromatic rings. The molecule has 8 rings (SSSR count). The number of aliphatic hydroxyl groups is 13. The Balaban J connectivity index is 0.998. The average Bonchev–Trinajstić information content (AvgIpc) is 1.46. The molecule has 25 unspecified atom stereocenters. The van der Waals surface area contributed by atoms with Crippen LogP contribution in [0.2, 0.25) is 0 Å². The minimum Gasteiger partial charge on any atom is -0.494 e. The first-order valence-corrected chi connectivity index (χ1v) is 31.7. The number of nitrogens with two attached hydrogens (primary N) is 3. The number of guanidine groups is 2. The predicted octanol–water partition coefficient (Wildman–Crippen LogP) is -9.69. The highest BCUT2D eigenvalue weighted by molar-refractivity contribution is 5.96. The van der Waals surface area contributed by atoms with Crippen LogP contribution in [0, 0.1) is 0 Å². The lowest BCUT2D eigenvalue weighted by Gasteiger charge is -2.46. The Bertz CT molecular complexity index is 3150. The Kier molecular flexibility index (Phi) is 27.3. The first-order valence-electron chi connectivity index (χ1n) is 31.7. The lowest BCUT2D eigenvalue weighted by molar-refractivity contribution is -0.353. The third-order valence-electron chi connectivity index (χ3n) is 17.5. The van der Waals surface area contributed by atoms with Gasteiger partial charge in [0.05, 0.1) is 70.9 Å². The Morgan fingerprint density at radius 2 is 1.28 bits per heavy atom. The summed E-state index contributed by atoms with van der Waals surface area (Å²) < 4.78 is 40.5. The maximum absolute atomic E-state index is 15.0. The number of aliphatic hydroxyl groups excluding tert-OH is 13. The molecule has 0 bridgehead atoms. The Labute approximate surface area is 561 Å². The van der Waals surface area contributed by atoms with Crippen molar-refractivity contribution < 1.29 is 124 Å². The van der Waals surface area contributed by atoms with Crippen LogP contribution >= 0.6 is 0 Å². The standard InChI is InChI=1S/C62H89N11O25/c1-3-17-93-32-13-11-29(12-14-32)25-92-26-39-46(81)48(83)51(86)60(97-39)98-53-38(24-77)96-59(52(87)49(53)84)94-33-15-9-28(10-16-33)18-34(69-55(89)40(63)27(2)30-7-5-4-6-8-30)54(88)71-41(43(78)35-19-66-61(64)70-35)57(91)72-42(56(90)68-31(21-74)22-75)44(79)36-20-67-62(65)73(36)58-50(85)47(82)45(80)37(23-76)95-58/h4-16,21,27,31,34-53,58-60,75-87H,3,17-20,22-26,63H2,1-2H3,(H2,65,67)(H,68,90)(H,69,89)(H,71,88)(H,72,91)(H3,64,66,70). The minimum absolute atomic E-state index is 0.0376. The number of amides is 4. The molecule has 98 heavy (non-hydrogen) atoms. The summed E-state index contributed by atoms with van der Waals surface area (Å²) in [5, 5.41) is 154. The molecule has 0 spiro atoms. The van der Waals surface area contributed by atoms with Crippen molar-refractivity contribution in [2.45, 2.75) is 186 Å². The second-order valence-electron chi connectivity index (χ2n) is 24.3. The van der Waals surface area contributed by atoms with Gasteiger partial charge in [-0.15, -0.1) is 0 Å². The van der Waals surface area contributed by atoms with E-state index in [0.29, 0.717) is 17.9 Å². The molecule has 3 aromatic carbocycles. The fourth-order valence-corrected chi connectivity index (χ4v) is 11.6. The molecular formula is C62H89N11O25. The zero-order chi connectivity index (χ0) is 71.2. The van der Waals surface area contributed by atoms with E-state index in [1.54, 1.807) is 61.5 Å². The van der Waals surface area contributed by atoms with Crippen molar-refractivity contribution in [2.24, 2.45) is 27.2 Å². The number of nitrogens with zero attached hydrogens (tertiary/aromatic N) is 3. The van der Waals surface area contributed by atoms with E-state index in [4.69, 9.17) is 50.4 Å². The summed E-state index contributed by atoms with van der Waals surface area (Å²) >= 11 is 0. The van der Waals surface area contributed by atoms with Crippen LogP contribution in [0.15, 0.2) is 88.8 Å². The average molecular weight is 1390 g/mol. The molecule has 5 heterocycles. The number of nitrogens with one attached hydrogen (secondary N) is 5. The second kappa shape index (κ2) is 35.1. The second-order valence-corrected chi connectivity index (χ2v) is 24.3. The van der Waals surface area contributed by atoms with Crippen molar-refractivity contribution >= 4 is 41.8 Å². The van der Waals surface area contributed by atoms with Crippen LogP contribution in [0.5, 0.6) is 11.5 Å². The van der Waals surface area contributed by atoms with Gasteiger partial charge in [-0.05, 0) is 47.4 Å². The summed E-state index contributed by atoms with van der Waals surface area (Å²) in [6, 6.07) is 9.28. The van der Waals surface area contributed by atoms with Crippen molar-refractivity contribution in [1.82, 2.24) is 31.5 Å². The molecule has 5 aliphatic heterocycles. The molecule has 0 saturated carbocycles. The van der Waals surface area contributed by atoms with Gasteiger partial charge in [0.15, 0.2) is 24.4 Å². The van der Waals surface area contributed by atoms with E-state index in [-0.39, 0.29) is 43.3 Å². The fourth-order valence-electron chi connectivity index (χ4n) is 11.6. The lowest BCUT2D eigenvalue weighted by atomic mass is 9.93. The van der Waals surface area contributed by atoms with Crippen LogP contribution < -0.4 is 53.3 Å². The van der Waals surface area contributed by atoms with Gasteiger partial charge in [0.2, 0.25) is 29.9 Å². The van der Waals surface area contributed by atoms with Crippen LogP contribution in [0.3, 0.4) is 0 Å². The molecule has 36 nitrogen and oxygen atoms in total. The van der Waals surface area contributed by atoms with Crippen molar-refractivity contribution in [3.05, 3.63) is 95.6 Å². The molecule has 36 heteroatoms. The van der Waals surface area contributed by atoms with Crippen LogP contribution in [0.4, 0.5) is 0 Å². The zero-order valence-corrected chi connectivity index (χ0v) is 53.4. The fraction of sp³-hybridized carbons (Fsp3) is 0.597. The van der Waals surface area contributed by atoms with E-state index >= 15 is 0 Å². The smallest absolute Gasteiger partial charge is 0.246 e. The molecular weight excluding hydrogens is 1300 g/mol. The van der Waals surface area contributed by atoms with Gasteiger partial charge in [-0.25, -0.2) is 0 Å². The van der Waals surface area contributed by atoms with Crippen LogP contribution in [-0.2, 0) is 60.7 Å². The molecule has 542 valence electrons. The molecule has 3 saturated heterocycles. The predicted molar refractivity (Wildman–Crippen MR) is 337 cm³/mol. The van der Waals surface area contributed by atoms with Crippen LogP contribution in [0.25, 0.3) is 0 Å². The maximum atomic E-state index is 15.0. The highest BCUT2D eigenvalue weighted by Gasteiger charge is 2.54. The largest absolute Gasteiger partial charge is 0.494 e. The highest BCUT2D eigenvalue weighted by atomic mass is 16.7. The number of carbonyl (C=O) groups is 5. The maximum Gasteiger partial charge on any atom is 0.246 e. The van der Waals surface area contributed by atoms with Crippen molar-refractivity contribution in [1.29, 1.82) is 0 Å². The topological polar surface area (TPSA) is 579 Å². The zero-order valence-electron chi connectivity index (χ0n) is 53.4. The van der Waals surface area contributed by atoms with Crippen LogP contribution in [-0.4, -0.2) is 306 Å². The SMILES string of the molecule is CCCOc1ccc(COCC2OC(OC3C(CO)OC(Oc4ccc(CC(NC(=O)C(N)C(C)c5ccccc5)C(=O)NC(C(=O)NC(C(=O)NC(C=O)CO)C(O)C5CN=C(N)N5C5OC(CO)C(O)C(O)C5O)C(O)C5CN=C(N)N5)cc4)C(O)C3O)C(O)C(O)C2O)cc1. The van der Waals surface area contributed by atoms with Gasteiger partial charge < -0.3 is 153 Å². The molecule has 3 fully saturated rings. The Morgan fingerprint density at radius 3 is 1.91 bits per heavy atom. The summed E-state index contributed by atoms with van der Waals surface area (Å²) in [4.78, 5) is 79.3. The first kappa shape index (κ1) is 76.3. The van der Waals surface area contributed by atoms with E-state index < -0.39 is 215 Å². The summed E-state index contributed by atoms with van der Waals surface area (Å²) in [6.07, 6.45) is -30.0. The number of benzene rings is 3. The van der Waals surface area contributed by atoms with Gasteiger partial charge in [0.1, 0.15) is 127 Å². The normalized spacial score (nSPS) is 31.1. The minimum atomic E-state index is -2.26. The number of aliphatic imine (C=N–C) groups is 2. The van der Waals surface area contributed by atoms with E-state index in [0.717, 1.165) is 16.9 Å². The van der Waals surface area contributed by atoms with Gasteiger partial charge >= 0.3 is 0 Å². The monoisotopic (exact) mass is 1390 g/mol. The van der Waals surface area contributed by atoms with Gasteiger partial charge in [-0.3, -0.25) is 29.2 Å². The van der Waals surface area contributed by atoms with Gasteiger partial charge in [-0.2, -0.15) is 0 Å². The Morgan fingerprint density at radius 1 is 0.673 bits per heavy atom. The quantitative estimate of drug-likeness (QED) is 0.0258. The summed E-state index contributed by atoms with van der Waals surface area (Å²) in [7, 11) is 0. The molecule has 0 aromatic heterocycles. The molecule has 0 aliphatic carbocycles. The summed E-state index contributed by atoms with van der Waals surface area (Å²) in [6.45, 7) is 0.415.